The molecule has 0 heterocycles. The molecule has 0 bridgehead atoms. The Labute approximate surface area is 91.0 Å². The van der Waals surface area contributed by atoms with Gasteiger partial charge in [-0.25, -0.2) is 0 Å². The summed E-state index contributed by atoms with van der Waals surface area (Å²) in [5.74, 6) is 1.23. The Kier molecular flexibility index (Phi) is 1.88. The summed E-state index contributed by atoms with van der Waals surface area (Å²) < 4.78 is 0. The summed E-state index contributed by atoms with van der Waals surface area (Å²) >= 11 is 0. The number of hydrogen-bond acceptors (Lipinski definition) is 1. The predicted octanol–water partition coefficient (Wildman–Crippen LogP) is 2.75. The minimum Gasteiger partial charge on any atom is -0.402 e. The number of hydrogen-bond donors (Lipinski definition) is 1. The molecule has 1 nitrogen and oxygen atoms in total. The van der Waals surface area contributed by atoms with E-state index < -0.39 is 0 Å². The molecule has 1 heteroatoms. The number of nitrogens with two attached hydrogens (primary N) is 1. The molecular formula is C14H17N. The van der Waals surface area contributed by atoms with Crippen molar-refractivity contribution in [3.63, 3.8) is 0 Å². The summed E-state index contributed by atoms with van der Waals surface area (Å²) in [6, 6.07) is 6.77. The van der Waals surface area contributed by atoms with Gasteiger partial charge in [0.1, 0.15) is 0 Å². The van der Waals surface area contributed by atoms with E-state index in [-0.39, 0.29) is 0 Å². The van der Waals surface area contributed by atoms with Crippen molar-refractivity contribution in [1.29, 1.82) is 0 Å². The maximum atomic E-state index is 5.78. The van der Waals surface area contributed by atoms with Gasteiger partial charge < -0.3 is 5.73 Å². The van der Waals surface area contributed by atoms with Crippen LogP contribution in [0.15, 0.2) is 30.5 Å². The summed E-state index contributed by atoms with van der Waals surface area (Å²) in [5, 5.41) is 0. The molecule has 0 saturated heterocycles. The molecule has 1 unspecified atom stereocenters. The fourth-order valence-corrected chi connectivity index (χ4v) is 2.95. The molecule has 3 rings (SSSR count). The fourth-order valence-electron chi connectivity index (χ4n) is 2.95. The number of fused-ring (bicyclic) bond motifs is 1. The van der Waals surface area contributed by atoms with Gasteiger partial charge in [0, 0.05) is 11.6 Å². The van der Waals surface area contributed by atoms with Crippen LogP contribution >= 0.6 is 0 Å². The van der Waals surface area contributed by atoms with Crippen molar-refractivity contribution in [2.45, 2.75) is 31.6 Å². The molecule has 1 fully saturated rings. The lowest BCUT2D eigenvalue weighted by atomic mass is 9.98. The van der Waals surface area contributed by atoms with Gasteiger partial charge in [0.15, 0.2) is 0 Å². The van der Waals surface area contributed by atoms with E-state index in [0.29, 0.717) is 11.8 Å². The smallest absolute Gasteiger partial charge is 0.00534 e. The Morgan fingerprint density at radius 3 is 2.93 bits per heavy atom. The summed E-state index contributed by atoms with van der Waals surface area (Å²) in [7, 11) is 0. The first-order valence-electron chi connectivity index (χ1n) is 5.82. The van der Waals surface area contributed by atoms with Crippen molar-refractivity contribution in [2.24, 2.45) is 11.7 Å². The average Bonchev–Trinajstić information content (AvgIpc) is 2.87. The molecule has 78 valence electrons. The fraction of sp³-hybridized carbons (Fsp3) is 0.429. The Balaban J connectivity index is 1.94. The highest BCUT2D eigenvalue weighted by Gasteiger charge is 2.41. The lowest BCUT2D eigenvalue weighted by Crippen LogP contribution is -1.99. The molecule has 0 aliphatic heterocycles. The quantitative estimate of drug-likeness (QED) is 0.778. The molecule has 2 aliphatic carbocycles. The Morgan fingerprint density at radius 2 is 2.20 bits per heavy atom. The molecule has 0 amide bonds. The molecule has 1 aromatic rings. The third kappa shape index (κ3) is 1.38. The van der Waals surface area contributed by atoms with Crippen LogP contribution in [0.3, 0.4) is 0 Å². The number of rotatable bonds is 2. The van der Waals surface area contributed by atoms with Crippen molar-refractivity contribution in [3.05, 3.63) is 47.2 Å². The second kappa shape index (κ2) is 3.13. The van der Waals surface area contributed by atoms with Crippen LogP contribution in [0, 0.1) is 5.92 Å². The van der Waals surface area contributed by atoms with Gasteiger partial charge in [-0.15, -0.1) is 0 Å². The predicted molar refractivity (Wildman–Crippen MR) is 62.6 cm³/mol. The van der Waals surface area contributed by atoms with E-state index in [9.17, 15) is 0 Å². The lowest BCUT2D eigenvalue weighted by molar-refractivity contribution is 0.888. The average molecular weight is 199 g/mol. The van der Waals surface area contributed by atoms with Gasteiger partial charge >= 0.3 is 0 Å². The number of aryl methyl sites for hydroxylation is 1. The normalized spacial score (nSPS) is 27.5. The van der Waals surface area contributed by atoms with Crippen LogP contribution in [-0.2, 0) is 12.8 Å². The third-order valence-electron chi connectivity index (χ3n) is 3.85. The molecular weight excluding hydrogens is 182 g/mol. The Hall–Kier alpha value is -1.24. The first-order chi connectivity index (χ1) is 7.27. The zero-order valence-corrected chi connectivity index (χ0v) is 9.00. The second-order valence-corrected chi connectivity index (χ2v) is 4.86. The van der Waals surface area contributed by atoms with Crippen molar-refractivity contribution < 1.29 is 0 Å². The zero-order chi connectivity index (χ0) is 10.4. The number of allylic oxidation sites excluding steroid dienone is 1. The van der Waals surface area contributed by atoms with Gasteiger partial charge in [-0.2, -0.15) is 0 Å². The maximum Gasteiger partial charge on any atom is 0.00534 e. The van der Waals surface area contributed by atoms with E-state index >= 15 is 0 Å². The van der Waals surface area contributed by atoms with E-state index in [2.05, 4.69) is 24.8 Å². The van der Waals surface area contributed by atoms with Crippen LogP contribution in [0.1, 0.15) is 35.4 Å². The molecule has 2 atom stereocenters. The standard InChI is InChI=1S/C14H17N/c1-9(15)13-8-14(13)12-7-3-5-10-4-2-6-11(10)12/h3,5,7,13-14H,1-2,4,6,8,15H2/t13-,14?/m0/s1. The van der Waals surface area contributed by atoms with Crippen molar-refractivity contribution in [2.75, 3.05) is 0 Å². The summed E-state index contributed by atoms with van der Waals surface area (Å²) in [6.45, 7) is 3.86. The first-order valence-corrected chi connectivity index (χ1v) is 5.82. The van der Waals surface area contributed by atoms with E-state index in [4.69, 9.17) is 5.73 Å². The van der Waals surface area contributed by atoms with Crippen LogP contribution in [0.25, 0.3) is 0 Å². The first kappa shape index (κ1) is 9.02. The monoisotopic (exact) mass is 199 g/mol. The SMILES string of the molecule is C=C(N)[C@@H]1CC1c1cccc2c1CCC2. The van der Waals surface area contributed by atoms with Gasteiger partial charge in [0.25, 0.3) is 0 Å². The Bertz CT molecular complexity index is 419. The second-order valence-electron chi connectivity index (χ2n) is 4.86. The van der Waals surface area contributed by atoms with E-state index in [0.717, 1.165) is 5.70 Å². The van der Waals surface area contributed by atoms with Crippen molar-refractivity contribution >= 4 is 0 Å². The topological polar surface area (TPSA) is 26.0 Å². The minimum atomic E-state index is 0.553. The zero-order valence-electron chi connectivity index (χ0n) is 9.00. The molecule has 2 aliphatic rings. The van der Waals surface area contributed by atoms with E-state index in [1.165, 1.54) is 25.7 Å². The molecule has 0 radical (unpaired) electrons. The minimum absolute atomic E-state index is 0.553. The van der Waals surface area contributed by atoms with E-state index in [1.54, 1.807) is 16.7 Å². The van der Waals surface area contributed by atoms with Crippen molar-refractivity contribution in [1.82, 2.24) is 0 Å². The van der Waals surface area contributed by atoms with Crippen LogP contribution in [0.5, 0.6) is 0 Å². The third-order valence-corrected chi connectivity index (χ3v) is 3.85. The highest BCUT2D eigenvalue weighted by molar-refractivity contribution is 5.44. The number of benzene rings is 1. The Morgan fingerprint density at radius 1 is 1.33 bits per heavy atom. The lowest BCUT2D eigenvalue weighted by Gasteiger charge is -2.07. The largest absolute Gasteiger partial charge is 0.402 e. The molecule has 0 spiro atoms. The van der Waals surface area contributed by atoms with Crippen molar-refractivity contribution in [3.8, 4) is 0 Å². The maximum absolute atomic E-state index is 5.78. The van der Waals surface area contributed by atoms with Crippen LogP contribution in [0.2, 0.25) is 0 Å². The molecule has 2 N–H and O–H groups in total. The highest BCUT2D eigenvalue weighted by atomic mass is 14.6. The van der Waals surface area contributed by atoms with Crippen LogP contribution in [0.4, 0.5) is 0 Å². The summed E-state index contributed by atoms with van der Waals surface area (Å²) in [4.78, 5) is 0. The van der Waals surface area contributed by atoms with Gasteiger partial charge in [0.05, 0.1) is 0 Å². The van der Waals surface area contributed by atoms with E-state index in [1.807, 2.05) is 0 Å². The van der Waals surface area contributed by atoms with Gasteiger partial charge in [-0.05, 0) is 48.3 Å². The molecule has 1 aromatic carbocycles. The van der Waals surface area contributed by atoms with Gasteiger partial charge in [-0.1, -0.05) is 24.8 Å². The highest BCUT2D eigenvalue weighted by Crippen LogP contribution is 2.52. The van der Waals surface area contributed by atoms with Crippen LogP contribution < -0.4 is 5.73 Å². The summed E-state index contributed by atoms with van der Waals surface area (Å²) in [6.07, 6.45) is 5.08. The molecule has 0 aromatic heterocycles. The molecule has 1 saturated carbocycles. The molecule has 15 heavy (non-hydrogen) atoms. The van der Waals surface area contributed by atoms with Gasteiger partial charge in [0.2, 0.25) is 0 Å². The summed E-state index contributed by atoms with van der Waals surface area (Å²) in [5.41, 5.74) is 11.4. The van der Waals surface area contributed by atoms with Crippen LogP contribution in [-0.4, -0.2) is 0 Å². The van der Waals surface area contributed by atoms with Gasteiger partial charge in [-0.3, -0.25) is 0 Å².